The van der Waals surface area contributed by atoms with E-state index >= 15 is 0 Å². The van der Waals surface area contributed by atoms with Gasteiger partial charge in [-0.25, -0.2) is 9.78 Å². The number of anilines is 1. The van der Waals surface area contributed by atoms with Crippen LogP contribution < -0.4 is 20.1 Å². The van der Waals surface area contributed by atoms with E-state index in [0.29, 0.717) is 30.6 Å². The van der Waals surface area contributed by atoms with E-state index in [1.165, 1.54) is 11.3 Å². The van der Waals surface area contributed by atoms with Gasteiger partial charge in [0.2, 0.25) is 0 Å². The zero-order valence-corrected chi connectivity index (χ0v) is 11.5. The molecule has 2 aromatic rings. The van der Waals surface area contributed by atoms with E-state index in [9.17, 15) is 4.79 Å². The third-order valence-corrected chi connectivity index (χ3v) is 3.61. The lowest BCUT2D eigenvalue weighted by Gasteiger charge is -2.17. The summed E-state index contributed by atoms with van der Waals surface area (Å²) in [5.74, 6) is 1.41. The number of carbonyl (C=O) groups is 1. The molecule has 0 spiro atoms. The van der Waals surface area contributed by atoms with Crippen molar-refractivity contribution in [1.82, 2.24) is 10.3 Å². The highest BCUT2D eigenvalue weighted by atomic mass is 32.1. The standard InChI is InChI=1S/C13H13N3O3S/c1-2-3-14-12(17)16-13-15-8-6-9-10(7-11(8)20-13)19-5-4-18-9/h2,6-7H,1,3-5H2,(H2,14,15,16,17). The monoisotopic (exact) mass is 291 g/mol. The molecule has 0 aliphatic carbocycles. The van der Waals surface area contributed by atoms with Crippen molar-refractivity contribution in [3.63, 3.8) is 0 Å². The van der Waals surface area contributed by atoms with Crippen LogP contribution in [0.1, 0.15) is 0 Å². The molecule has 0 saturated heterocycles. The van der Waals surface area contributed by atoms with Gasteiger partial charge in [0.15, 0.2) is 16.6 Å². The van der Waals surface area contributed by atoms with Crippen LogP contribution in [-0.4, -0.2) is 30.8 Å². The molecule has 2 N–H and O–H groups in total. The molecule has 6 nitrogen and oxygen atoms in total. The van der Waals surface area contributed by atoms with Gasteiger partial charge in [0, 0.05) is 18.7 Å². The lowest BCUT2D eigenvalue weighted by Crippen LogP contribution is -2.28. The summed E-state index contributed by atoms with van der Waals surface area (Å²) < 4.78 is 12.0. The molecule has 7 heteroatoms. The first-order chi connectivity index (χ1) is 9.76. The average molecular weight is 291 g/mol. The van der Waals surface area contributed by atoms with E-state index in [1.54, 1.807) is 6.08 Å². The maximum absolute atomic E-state index is 11.6. The summed E-state index contributed by atoms with van der Waals surface area (Å²) >= 11 is 1.39. The number of amides is 2. The van der Waals surface area contributed by atoms with Crippen LogP contribution in [-0.2, 0) is 0 Å². The maximum Gasteiger partial charge on any atom is 0.321 e. The van der Waals surface area contributed by atoms with E-state index in [2.05, 4.69) is 22.2 Å². The van der Waals surface area contributed by atoms with Crippen molar-refractivity contribution < 1.29 is 14.3 Å². The minimum Gasteiger partial charge on any atom is -0.486 e. The lowest BCUT2D eigenvalue weighted by molar-refractivity contribution is 0.172. The molecule has 0 saturated carbocycles. The van der Waals surface area contributed by atoms with Crippen LogP contribution in [0.4, 0.5) is 9.93 Å². The Morgan fingerprint density at radius 3 is 2.90 bits per heavy atom. The number of fused-ring (bicyclic) bond motifs is 2. The largest absolute Gasteiger partial charge is 0.486 e. The number of aromatic nitrogens is 1. The summed E-state index contributed by atoms with van der Waals surface area (Å²) in [4.78, 5) is 15.9. The topological polar surface area (TPSA) is 72.5 Å². The van der Waals surface area contributed by atoms with Crippen LogP contribution in [0.5, 0.6) is 11.5 Å². The molecule has 0 atom stereocenters. The number of urea groups is 1. The average Bonchev–Trinajstić information content (AvgIpc) is 2.83. The van der Waals surface area contributed by atoms with Crippen LogP contribution in [0.15, 0.2) is 24.8 Å². The molecule has 3 rings (SSSR count). The van der Waals surface area contributed by atoms with Gasteiger partial charge in [-0.1, -0.05) is 17.4 Å². The van der Waals surface area contributed by atoms with Crippen molar-refractivity contribution in [2.75, 3.05) is 25.1 Å². The Morgan fingerprint density at radius 1 is 1.40 bits per heavy atom. The van der Waals surface area contributed by atoms with Crippen molar-refractivity contribution in [2.45, 2.75) is 0 Å². The Morgan fingerprint density at radius 2 is 2.15 bits per heavy atom. The molecule has 1 aromatic carbocycles. The quantitative estimate of drug-likeness (QED) is 0.852. The molecule has 20 heavy (non-hydrogen) atoms. The van der Waals surface area contributed by atoms with E-state index in [0.717, 1.165) is 16.0 Å². The number of benzene rings is 1. The van der Waals surface area contributed by atoms with Gasteiger partial charge in [0.05, 0.1) is 10.2 Å². The predicted octanol–water partition coefficient (Wildman–Crippen LogP) is 2.38. The minimum atomic E-state index is -0.304. The fourth-order valence-electron chi connectivity index (χ4n) is 1.82. The van der Waals surface area contributed by atoms with Gasteiger partial charge in [0.1, 0.15) is 13.2 Å². The van der Waals surface area contributed by atoms with E-state index < -0.39 is 0 Å². The van der Waals surface area contributed by atoms with Crippen molar-refractivity contribution in [3.05, 3.63) is 24.8 Å². The van der Waals surface area contributed by atoms with Gasteiger partial charge in [-0.2, -0.15) is 0 Å². The molecule has 1 aliphatic heterocycles. The second-order valence-electron chi connectivity index (χ2n) is 4.11. The molecule has 1 aromatic heterocycles. The van der Waals surface area contributed by atoms with Gasteiger partial charge in [-0.05, 0) is 0 Å². The van der Waals surface area contributed by atoms with Crippen LogP contribution in [0, 0.1) is 0 Å². The van der Waals surface area contributed by atoms with Crippen molar-refractivity contribution >= 4 is 32.7 Å². The number of thiazole rings is 1. The Balaban J connectivity index is 1.83. The smallest absolute Gasteiger partial charge is 0.321 e. The first-order valence-electron chi connectivity index (χ1n) is 6.12. The molecule has 104 valence electrons. The Kier molecular flexibility index (Phi) is 3.42. The summed E-state index contributed by atoms with van der Waals surface area (Å²) in [6.45, 7) is 5.03. The van der Waals surface area contributed by atoms with Gasteiger partial charge in [-0.15, -0.1) is 6.58 Å². The number of rotatable bonds is 3. The molecule has 2 heterocycles. The molecular formula is C13H13N3O3S. The van der Waals surface area contributed by atoms with Gasteiger partial charge in [0.25, 0.3) is 0 Å². The summed E-state index contributed by atoms with van der Waals surface area (Å²) in [5.41, 5.74) is 0.776. The van der Waals surface area contributed by atoms with Crippen LogP contribution in [0.25, 0.3) is 10.2 Å². The van der Waals surface area contributed by atoms with Gasteiger partial charge >= 0.3 is 6.03 Å². The molecule has 1 aliphatic rings. The summed E-state index contributed by atoms with van der Waals surface area (Å²) in [6.07, 6.45) is 1.61. The van der Waals surface area contributed by atoms with Gasteiger partial charge < -0.3 is 14.8 Å². The van der Waals surface area contributed by atoms with Crippen molar-refractivity contribution in [2.24, 2.45) is 0 Å². The second-order valence-corrected chi connectivity index (χ2v) is 5.14. The summed E-state index contributed by atoms with van der Waals surface area (Å²) in [7, 11) is 0. The predicted molar refractivity (Wildman–Crippen MR) is 77.8 cm³/mol. The number of nitrogens with one attached hydrogen (secondary N) is 2. The Hall–Kier alpha value is -2.28. The minimum absolute atomic E-state index is 0.304. The summed E-state index contributed by atoms with van der Waals surface area (Å²) in [5, 5.41) is 5.85. The normalized spacial score (nSPS) is 13.0. The highest BCUT2D eigenvalue weighted by Gasteiger charge is 2.15. The molecular weight excluding hydrogens is 278 g/mol. The fraction of sp³-hybridized carbons (Fsp3) is 0.231. The van der Waals surface area contributed by atoms with Crippen LogP contribution >= 0.6 is 11.3 Å². The zero-order valence-electron chi connectivity index (χ0n) is 10.6. The van der Waals surface area contributed by atoms with E-state index in [1.807, 2.05) is 12.1 Å². The first-order valence-corrected chi connectivity index (χ1v) is 6.94. The molecule has 0 unspecified atom stereocenters. The Bertz CT molecular complexity index is 625. The lowest BCUT2D eigenvalue weighted by atomic mass is 10.3. The molecule has 2 amide bonds. The number of ether oxygens (including phenoxy) is 2. The Labute approximate surface area is 119 Å². The van der Waals surface area contributed by atoms with Crippen molar-refractivity contribution in [1.29, 1.82) is 0 Å². The van der Waals surface area contributed by atoms with E-state index in [4.69, 9.17) is 9.47 Å². The SMILES string of the molecule is C=CCNC(=O)Nc1nc2cc3c(cc2s1)OCCO3. The number of nitrogens with zero attached hydrogens (tertiary/aromatic N) is 1. The van der Waals surface area contributed by atoms with E-state index in [-0.39, 0.29) is 6.03 Å². The van der Waals surface area contributed by atoms with Gasteiger partial charge in [-0.3, -0.25) is 5.32 Å². The molecule has 0 fully saturated rings. The fourth-order valence-corrected chi connectivity index (χ4v) is 2.70. The number of hydrogen-bond donors (Lipinski definition) is 2. The third-order valence-electron chi connectivity index (χ3n) is 2.68. The molecule has 0 bridgehead atoms. The highest BCUT2D eigenvalue weighted by molar-refractivity contribution is 7.22. The van der Waals surface area contributed by atoms with Crippen LogP contribution in [0.2, 0.25) is 0 Å². The summed E-state index contributed by atoms with van der Waals surface area (Å²) in [6, 6.07) is 3.41. The highest BCUT2D eigenvalue weighted by Crippen LogP contribution is 2.37. The second kappa shape index (κ2) is 5.38. The third kappa shape index (κ3) is 2.53. The first kappa shape index (κ1) is 12.7. The molecule has 0 radical (unpaired) electrons. The number of carbonyl (C=O) groups excluding carboxylic acids is 1. The maximum atomic E-state index is 11.6. The van der Waals surface area contributed by atoms with Crippen LogP contribution in [0.3, 0.4) is 0 Å². The zero-order chi connectivity index (χ0) is 13.9. The number of hydrogen-bond acceptors (Lipinski definition) is 5. The van der Waals surface area contributed by atoms with Crippen molar-refractivity contribution in [3.8, 4) is 11.5 Å².